The molecular weight excluding hydrogens is 289 g/mol. The van der Waals surface area contributed by atoms with E-state index < -0.39 is 11.7 Å². The van der Waals surface area contributed by atoms with Gasteiger partial charge in [0.15, 0.2) is 0 Å². The van der Waals surface area contributed by atoms with Gasteiger partial charge in [0.25, 0.3) is 0 Å². The van der Waals surface area contributed by atoms with Crippen molar-refractivity contribution in [1.82, 2.24) is 4.98 Å². The summed E-state index contributed by atoms with van der Waals surface area (Å²) < 4.78 is 39.1. The average molecular weight is 297 g/mol. The Labute approximate surface area is 118 Å². The van der Waals surface area contributed by atoms with Gasteiger partial charge in [-0.05, 0) is 23.3 Å². The average Bonchev–Trinajstić information content (AvgIpc) is 2.38. The first-order valence-electron chi connectivity index (χ1n) is 5.61. The Bertz CT molecular complexity index is 675. The van der Waals surface area contributed by atoms with Gasteiger partial charge in [-0.15, -0.1) is 0 Å². The quantitative estimate of drug-likeness (QED) is 0.766. The first-order valence-corrected chi connectivity index (χ1v) is 5.99. The number of nitriles is 1. The lowest BCUT2D eigenvalue weighted by Gasteiger charge is -2.14. The van der Waals surface area contributed by atoms with Crippen LogP contribution in [0.4, 0.5) is 13.2 Å². The molecule has 20 heavy (non-hydrogen) atoms. The summed E-state index contributed by atoms with van der Waals surface area (Å²) in [5.74, 6) is 0. The van der Waals surface area contributed by atoms with E-state index in [0.717, 1.165) is 6.07 Å². The van der Waals surface area contributed by atoms with E-state index in [4.69, 9.17) is 16.9 Å². The van der Waals surface area contributed by atoms with Crippen molar-refractivity contribution in [2.24, 2.45) is 0 Å². The number of aromatic nitrogens is 1. The van der Waals surface area contributed by atoms with E-state index in [0.29, 0.717) is 5.56 Å². The summed E-state index contributed by atoms with van der Waals surface area (Å²) in [6.07, 6.45) is -3.25. The molecule has 1 aromatic carbocycles. The van der Waals surface area contributed by atoms with Gasteiger partial charge in [-0.25, -0.2) is 4.98 Å². The molecule has 0 fully saturated rings. The highest BCUT2D eigenvalue weighted by Gasteiger charge is 2.33. The van der Waals surface area contributed by atoms with E-state index in [2.05, 4.69) is 4.98 Å². The van der Waals surface area contributed by atoms with Crippen LogP contribution in [0, 0.1) is 11.3 Å². The van der Waals surface area contributed by atoms with Crippen molar-refractivity contribution in [3.05, 3.63) is 52.8 Å². The van der Waals surface area contributed by atoms with Gasteiger partial charge in [0.05, 0.1) is 18.1 Å². The summed E-state index contributed by atoms with van der Waals surface area (Å²) in [7, 11) is 0. The number of benzene rings is 1. The summed E-state index contributed by atoms with van der Waals surface area (Å²) in [5.41, 5.74) is -0.0780. The first-order chi connectivity index (χ1) is 9.43. The number of alkyl halides is 3. The van der Waals surface area contributed by atoms with Crippen LogP contribution >= 0.6 is 11.6 Å². The molecule has 0 amide bonds. The maximum atomic E-state index is 13.0. The smallest absolute Gasteiger partial charge is 0.244 e. The Hall–Kier alpha value is -2.06. The zero-order valence-electron chi connectivity index (χ0n) is 10.1. The maximum absolute atomic E-state index is 13.0. The molecule has 0 bridgehead atoms. The highest BCUT2D eigenvalue weighted by molar-refractivity contribution is 6.29. The molecule has 1 aromatic heterocycles. The fourth-order valence-corrected chi connectivity index (χ4v) is 2.09. The third-order valence-corrected chi connectivity index (χ3v) is 2.96. The third kappa shape index (κ3) is 2.91. The second-order valence-corrected chi connectivity index (χ2v) is 4.43. The summed E-state index contributed by atoms with van der Waals surface area (Å²) in [4.78, 5) is 3.81. The molecule has 0 aliphatic heterocycles. The van der Waals surface area contributed by atoms with Gasteiger partial charge >= 0.3 is 6.18 Å². The van der Waals surface area contributed by atoms with Crippen LogP contribution in [-0.2, 0) is 12.6 Å². The molecular formula is C14H8ClF3N2. The molecule has 1 heterocycles. The number of rotatable bonds is 2. The Morgan fingerprint density at radius 2 is 1.90 bits per heavy atom. The molecule has 0 saturated carbocycles. The van der Waals surface area contributed by atoms with Crippen LogP contribution in [0.1, 0.15) is 11.1 Å². The monoisotopic (exact) mass is 296 g/mol. The van der Waals surface area contributed by atoms with Gasteiger partial charge in [0.2, 0.25) is 0 Å². The normalized spacial score (nSPS) is 11.2. The van der Waals surface area contributed by atoms with E-state index in [9.17, 15) is 13.2 Å². The molecule has 0 spiro atoms. The fraction of sp³-hybridized carbons (Fsp3) is 0.143. The Balaban J connectivity index is 2.67. The molecule has 0 radical (unpaired) electrons. The Kier molecular flexibility index (Phi) is 3.96. The highest BCUT2D eigenvalue weighted by Crippen LogP contribution is 2.38. The number of hydrogen-bond donors (Lipinski definition) is 0. The van der Waals surface area contributed by atoms with Crippen LogP contribution in [0.15, 0.2) is 36.5 Å². The molecule has 0 aliphatic rings. The van der Waals surface area contributed by atoms with Crippen molar-refractivity contribution < 1.29 is 13.2 Å². The van der Waals surface area contributed by atoms with Gasteiger partial charge in [-0.2, -0.15) is 18.4 Å². The van der Waals surface area contributed by atoms with Crippen LogP contribution in [-0.4, -0.2) is 4.98 Å². The van der Waals surface area contributed by atoms with E-state index in [1.54, 1.807) is 0 Å². The van der Waals surface area contributed by atoms with Crippen molar-refractivity contribution in [3.63, 3.8) is 0 Å². The summed E-state index contributed by atoms with van der Waals surface area (Å²) in [6.45, 7) is 0. The van der Waals surface area contributed by atoms with Gasteiger partial charge in [-0.3, -0.25) is 0 Å². The predicted molar refractivity (Wildman–Crippen MR) is 69.0 cm³/mol. The molecule has 6 heteroatoms. The number of pyridine rings is 1. The zero-order valence-corrected chi connectivity index (χ0v) is 10.8. The minimum Gasteiger partial charge on any atom is -0.244 e. The molecule has 0 saturated heterocycles. The van der Waals surface area contributed by atoms with Crippen molar-refractivity contribution in [1.29, 1.82) is 5.26 Å². The standard InChI is InChI=1S/C14H8ClF3N2/c15-13-7-9(5-6-19)11(8-20-13)10-3-1-2-4-12(10)14(16,17)18/h1-4,7-8H,5H2. The van der Waals surface area contributed by atoms with Crippen LogP contribution < -0.4 is 0 Å². The van der Waals surface area contributed by atoms with E-state index >= 15 is 0 Å². The maximum Gasteiger partial charge on any atom is 0.417 e. The van der Waals surface area contributed by atoms with Crippen molar-refractivity contribution >= 4 is 11.6 Å². The van der Waals surface area contributed by atoms with Gasteiger partial charge < -0.3 is 0 Å². The molecule has 0 N–H and O–H groups in total. The van der Waals surface area contributed by atoms with Crippen molar-refractivity contribution in [2.45, 2.75) is 12.6 Å². The predicted octanol–water partition coefficient (Wildman–Crippen LogP) is 4.49. The van der Waals surface area contributed by atoms with E-state index in [1.807, 2.05) is 6.07 Å². The SMILES string of the molecule is N#CCc1cc(Cl)ncc1-c1ccccc1C(F)(F)F. The number of nitrogens with zero attached hydrogens (tertiary/aromatic N) is 2. The Morgan fingerprint density at radius 3 is 2.55 bits per heavy atom. The van der Waals surface area contributed by atoms with E-state index in [1.165, 1.54) is 30.5 Å². The topological polar surface area (TPSA) is 36.7 Å². The van der Waals surface area contributed by atoms with Crippen LogP contribution in [0.5, 0.6) is 0 Å². The molecule has 2 rings (SSSR count). The number of halogens is 4. The van der Waals surface area contributed by atoms with Gasteiger partial charge in [-0.1, -0.05) is 29.8 Å². The van der Waals surface area contributed by atoms with E-state index in [-0.39, 0.29) is 22.7 Å². The minimum atomic E-state index is -4.47. The minimum absolute atomic E-state index is 0.00517. The molecule has 0 aliphatic carbocycles. The first kappa shape index (κ1) is 14.4. The second-order valence-electron chi connectivity index (χ2n) is 4.04. The summed E-state index contributed by atoms with van der Waals surface area (Å²) in [5, 5.41) is 8.92. The van der Waals surface area contributed by atoms with Crippen molar-refractivity contribution in [3.8, 4) is 17.2 Å². The second kappa shape index (κ2) is 5.51. The molecule has 0 atom stereocenters. The largest absolute Gasteiger partial charge is 0.417 e. The molecule has 2 nitrogen and oxygen atoms in total. The van der Waals surface area contributed by atoms with Crippen LogP contribution in [0.2, 0.25) is 5.15 Å². The van der Waals surface area contributed by atoms with Crippen LogP contribution in [0.25, 0.3) is 11.1 Å². The third-order valence-electron chi connectivity index (χ3n) is 2.75. The lowest BCUT2D eigenvalue weighted by atomic mass is 9.96. The summed E-state index contributed by atoms with van der Waals surface area (Å²) in [6, 6.07) is 8.51. The lowest BCUT2D eigenvalue weighted by molar-refractivity contribution is -0.137. The highest BCUT2D eigenvalue weighted by atomic mass is 35.5. The van der Waals surface area contributed by atoms with Crippen molar-refractivity contribution in [2.75, 3.05) is 0 Å². The van der Waals surface area contributed by atoms with Gasteiger partial charge in [0, 0.05) is 11.8 Å². The molecule has 2 aromatic rings. The fourth-order valence-electron chi connectivity index (χ4n) is 1.91. The zero-order chi connectivity index (χ0) is 14.8. The number of hydrogen-bond acceptors (Lipinski definition) is 2. The summed E-state index contributed by atoms with van der Waals surface area (Å²) >= 11 is 5.73. The van der Waals surface area contributed by atoms with Gasteiger partial charge in [0.1, 0.15) is 5.15 Å². The molecule has 102 valence electrons. The lowest BCUT2D eigenvalue weighted by Crippen LogP contribution is -2.07. The Morgan fingerprint density at radius 1 is 1.20 bits per heavy atom. The molecule has 0 unspecified atom stereocenters. The van der Waals surface area contributed by atoms with Crippen LogP contribution in [0.3, 0.4) is 0 Å².